The normalized spacial score (nSPS) is 12.3. The van der Waals surface area contributed by atoms with Gasteiger partial charge in [-0.25, -0.2) is 4.68 Å². The number of carbonyl (C=O) groups is 1. The largest absolute Gasteiger partial charge is 0.406 e. The average Bonchev–Trinajstić information content (AvgIpc) is 2.78. The van der Waals surface area contributed by atoms with Crippen LogP contribution in [0, 0.1) is 12.3 Å². The highest BCUT2D eigenvalue weighted by Crippen LogP contribution is 2.27. The Balaban J connectivity index is 2.35. The van der Waals surface area contributed by atoms with Gasteiger partial charge in [-0.2, -0.15) is 18.3 Å². The van der Waals surface area contributed by atoms with Crippen LogP contribution < -0.4 is 0 Å². The molecule has 0 bridgehead atoms. The molecule has 0 fully saturated rings. The van der Waals surface area contributed by atoms with Gasteiger partial charge >= 0.3 is 6.18 Å². The Labute approximate surface area is 161 Å². The van der Waals surface area contributed by atoms with Crippen LogP contribution in [0.25, 0.3) is 0 Å². The first-order chi connectivity index (χ1) is 12.4. The van der Waals surface area contributed by atoms with Crippen molar-refractivity contribution in [3.63, 3.8) is 0 Å². The monoisotopic (exact) mass is 401 g/mol. The number of hydrogen-bond acceptors (Lipinski definition) is 2. The minimum absolute atomic E-state index is 0.0149. The third-order valence-corrected chi connectivity index (χ3v) is 4.16. The van der Waals surface area contributed by atoms with E-state index in [9.17, 15) is 18.0 Å². The first kappa shape index (κ1) is 21.3. The van der Waals surface area contributed by atoms with Crippen molar-refractivity contribution in [2.24, 2.45) is 5.41 Å². The van der Waals surface area contributed by atoms with E-state index in [1.165, 1.54) is 4.68 Å². The van der Waals surface area contributed by atoms with E-state index in [2.05, 4.69) is 5.10 Å². The molecular formula is C19H23ClF3N3O. The third kappa shape index (κ3) is 5.99. The van der Waals surface area contributed by atoms with E-state index >= 15 is 0 Å². The zero-order chi connectivity index (χ0) is 20.4. The number of benzene rings is 1. The number of aryl methyl sites for hydroxylation is 1. The van der Waals surface area contributed by atoms with Crippen molar-refractivity contribution >= 4 is 17.5 Å². The van der Waals surface area contributed by atoms with Crippen molar-refractivity contribution in [3.8, 4) is 0 Å². The van der Waals surface area contributed by atoms with Crippen LogP contribution in [0.5, 0.6) is 0 Å². The summed E-state index contributed by atoms with van der Waals surface area (Å²) in [6.45, 7) is 5.84. The molecule has 0 aliphatic rings. The lowest BCUT2D eigenvalue weighted by molar-refractivity contribution is -0.142. The van der Waals surface area contributed by atoms with Gasteiger partial charge in [0.1, 0.15) is 11.7 Å². The molecule has 2 rings (SSSR count). The molecule has 27 heavy (non-hydrogen) atoms. The van der Waals surface area contributed by atoms with Gasteiger partial charge in [-0.05, 0) is 17.9 Å². The van der Waals surface area contributed by atoms with E-state index < -0.39 is 24.0 Å². The van der Waals surface area contributed by atoms with Gasteiger partial charge in [0.25, 0.3) is 5.91 Å². The highest BCUT2D eigenvalue weighted by atomic mass is 35.5. The summed E-state index contributed by atoms with van der Waals surface area (Å²) in [5, 5.41) is 4.30. The van der Waals surface area contributed by atoms with Crippen molar-refractivity contribution in [1.29, 1.82) is 0 Å². The van der Waals surface area contributed by atoms with Crippen molar-refractivity contribution in [2.75, 3.05) is 13.1 Å². The molecule has 0 radical (unpaired) electrons. The molecule has 8 heteroatoms. The highest BCUT2D eigenvalue weighted by molar-refractivity contribution is 6.33. The predicted octanol–water partition coefficient (Wildman–Crippen LogP) is 4.94. The molecular weight excluding hydrogens is 379 g/mol. The van der Waals surface area contributed by atoms with Crippen LogP contribution in [-0.2, 0) is 6.54 Å². The fraction of sp³-hybridized carbons (Fsp3) is 0.474. The van der Waals surface area contributed by atoms with Gasteiger partial charge < -0.3 is 4.90 Å². The molecule has 1 heterocycles. The minimum atomic E-state index is -4.50. The molecule has 0 aliphatic carbocycles. The van der Waals surface area contributed by atoms with Gasteiger partial charge in [0.15, 0.2) is 0 Å². The van der Waals surface area contributed by atoms with Crippen molar-refractivity contribution < 1.29 is 18.0 Å². The van der Waals surface area contributed by atoms with E-state index in [0.29, 0.717) is 12.2 Å². The summed E-state index contributed by atoms with van der Waals surface area (Å²) in [7, 11) is 0. The molecule has 2 aromatic rings. The van der Waals surface area contributed by atoms with Crippen LogP contribution in [0.3, 0.4) is 0 Å². The Morgan fingerprint density at radius 1 is 1.15 bits per heavy atom. The van der Waals surface area contributed by atoms with Gasteiger partial charge in [0.05, 0.1) is 17.8 Å². The van der Waals surface area contributed by atoms with E-state index in [-0.39, 0.29) is 17.3 Å². The number of hydrogen-bond donors (Lipinski definition) is 0. The maximum absolute atomic E-state index is 13.0. The molecule has 0 spiro atoms. The Bertz CT molecular complexity index is 779. The topological polar surface area (TPSA) is 38.1 Å². The molecule has 0 saturated carbocycles. The zero-order valence-electron chi connectivity index (χ0n) is 15.8. The van der Waals surface area contributed by atoms with Gasteiger partial charge in [-0.1, -0.05) is 62.7 Å². The summed E-state index contributed by atoms with van der Waals surface area (Å²) in [5.74, 6) is -0.760. The lowest BCUT2D eigenvalue weighted by Crippen LogP contribution is -2.43. The van der Waals surface area contributed by atoms with E-state index in [0.717, 1.165) is 10.5 Å². The van der Waals surface area contributed by atoms with Crippen molar-refractivity contribution in [2.45, 2.75) is 40.4 Å². The van der Waals surface area contributed by atoms with Crippen molar-refractivity contribution in [1.82, 2.24) is 14.7 Å². The molecule has 0 atom stereocenters. The molecule has 0 aliphatic heterocycles. The number of nitrogens with zero attached hydrogens (tertiary/aromatic N) is 3. The fourth-order valence-corrected chi connectivity index (χ4v) is 3.12. The summed E-state index contributed by atoms with van der Waals surface area (Å²) in [5.41, 5.74) is 0.743. The SMILES string of the molecule is Cc1nn(Cc2ccccc2)c(Cl)c1C(=O)N(CC(C)(C)C)CC(F)(F)F. The minimum Gasteiger partial charge on any atom is -0.329 e. The fourth-order valence-electron chi connectivity index (χ4n) is 2.80. The highest BCUT2D eigenvalue weighted by Gasteiger charge is 2.36. The molecule has 4 nitrogen and oxygen atoms in total. The van der Waals surface area contributed by atoms with Gasteiger partial charge in [0.2, 0.25) is 0 Å². The second kappa shape index (κ2) is 7.92. The van der Waals surface area contributed by atoms with Crippen LogP contribution in [0.4, 0.5) is 13.2 Å². The predicted molar refractivity (Wildman–Crippen MR) is 98.9 cm³/mol. The zero-order valence-corrected chi connectivity index (χ0v) is 16.5. The Hall–Kier alpha value is -2.02. The molecule has 148 valence electrons. The van der Waals surface area contributed by atoms with Gasteiger partial charge in [-0.15, -0.1) is 0 Å². The van der Waals surface area contributed by atoms with Gasteiger partial charge in [0, 0.05) is 6.54 Å². The summed E-state index contributed by atoms with van der Waals surface area (Å²) in [6.07, 6.45) is -4.50. The van der Waals surface area contributed by atoms with Crippen LogP contribution in [0.15, 0.2) is 30.3 Å². The molecule has 1 amide bonds. The van der Waals surface area contributed by atoms with E-state index in [1.807, 2.05) is 30.3 Å². The van der Waals surface area contributed by atoms with Crippen LogP contribution in [-0.4, -0.2) is 39.9 Å². The third-order valence-electron chi connectivity index (χ3n) is 3.78. The first-order valence-electron chi connectivity index (χ1n) is 8.50. The van der Waals surface area contributed by atoms with Crippen LogP contribution >= 0.6 is 11.6 Å². The Morgan fingerprint density at radius 2 is 1.74 bits per heavy atom. The molecule has 1 aromatic heterocycles. The number of rotatable bonds is 5. The number of amides is 1. The lowest BCUT2D eigenvalue weighted by atomic mass is 9.95. The standard InChI is InChI=1S/C19H23ClF3N3O/c1-13-15(16(20)26(24-13)10-14-8-6-5-7-9-14)17(27)25(11-18(2,3)4)12-19(21,22)23/h5-9H,10-12H2,1-4H3. The summed E-state index contributed by atoms with van der Waals surface area (Å²) < 4.78 is 40.4. The molecule has 0 N–H and O–H groups in total. The quantitative estimate of drug-likeness (QED) is 0.711. The van der Waals surface area contributed by atoms with Crippen LogP contribution in [0.1, 0.15) is 42.4 Å². The van der Waals surface area contributed by atoms with Crippen LogP contribution in [0.2, 0.25) is 5.15 Å². The molecule has 0 unspecified atom stereocenters. The maximum atomic E-state index is 13.0. The average molecular weight is 402 g/mol. The van der Waals surface area contributed by atoms with E-state index in [1.54, 1.807) is 27.7 Å². The number of halogens is 4. The number of alkyl halides is 3. The number of aromatic nitrogens is 2. The summed E-state index contributed by atoms with van der Waals surface area (Å²) >= 11 is 6.33. The first-order valence-corrected chi connectivity index (χ1v) is 8.88. The summed E-state index contributed by atoms with van der Waals surface area (Å²) in [4.78, 5) is 13.7. The second-order valence-corrected chi connectivity index (χ2v) is 8.09. The lowest BCUT2D eigenvalue weighted by Gasteiger charge is -2.30. The smallest absolute Gasteiger partial charge is 0.329 e. The summed E-state index contributed by atoms with van der Waals surface area (Å²) in [6, 6.07) is 9.35. The van der Waals surface area contributed by atoms with Gasteiger partial charge in [-0.3, -0.25) is 4.79 Å². The van der Waals surface area contributed by atoms with Crippen molar-refractivity contribution in [3.05, 3.63) is 52.3 Å². The second-order valence-electron chi connectivity index (χ2n) is 7.73. The maximum Gasteiger partial charge on any atom is 0.406 e. The molecule has 1 aromatic carbocycles. The Kier molecular flexibility index (Phi) is 6.24. The Morgan fingerprint density at radius 3 is 2.26 bits per heavy atom. The molecule has 0 saturated heterocycles. The van der Waals surface area contributed by atoms with E-state index in [4.69, 9.17) is 11.6 Å². The number of carbonyl (C=O) groups excluding carboxylic acids is 1.